The first-order valence-corrected chi connectivity index (χ1v) is 8.11. The molecular weight excluding hydrogens is 266 g/mol. The zero-order chi connectivity index (χ0) is 15.6. The summed E-state index contributed by atoms with van der Waals surface area (Å²) in [6, 6.07) is 0. The van der Waals surface area contributed by atoms with E-state index in [1.807, 2.05) is 13.0 Å². The molecule has 0 amide bonds. The van der Waals surface area contributed by atoms with E-state index in [-0.39, 0.29) is 17.6 Å². The molecule has 4 atom stereocenters. The van der Waals surface area contributed by atoms with Crippen molar-refractivity contribution in [1.82, 2.24) is 4.90 Å². The van der Waals surface area contributed by atoms with Crippen molar-refractivity contribution in [3.63, 3.8) is 0 Å². The van der Waals surface area contributed by atoms with Gasteiger partial charge in [-0.15, -0.1) is 6.58 Å². The van der Waals surface area contributed by atoms with E-state index in [2.05, 4.69) is 32.3 Å². The summed E-state index contributed by atoms with van der Waals surface area (Å²) in [7, 11) is 0. The standard InChI is InChI=1S/C17H29NO3/c1-6-10-18-15(16(19)20-7-2)21-14-11-12(3)8-9-13(14)17(18,4)5/h6,12-15H,1,7-11H2,2-5H3/t12-,13-,14-,15+/m1/s1. The molecule has 0 bridgehead atoms. The molecule has 0 radical (unpaired) electrons. The van der Waals surface area contributed by atoms with Crippen LogP contribution in [0.25, 0.3) is 0 Å². The number of ether oxygens (including phenoxy) is 2. The number of carbonyl (C=O) groups excluding carboxylic acids is 1. The molecule has 2 aliphatic rings. The third kappa shape index (κ3) is 3.16. The van der Waals surface area contributed by atoms with Crippen molar-refractivity contribution in [1.29, 1.82) is 0 Å². The Labute approximate surface area is 128 Å². The van der Waals surface area contributed by atoms with Gasteiger partial charge in [-0.2, -0.15) is 0 Å². The smallest absolute Gasteiger partial charge is 0.350 e. The van der Waals surface area contributed by atoms with E-state index in [4.69, 9.17) is 9.47 Å². The lowest BCUT2D eigenvalue weighted by Gasteiger charge is -2.56. The minimum atomic E-state index is -0.607. The molecule has 120 valence electrons. The Morgan fingerprint density at radius 2 is 2.19 bits per heavy atom. The summed E-state index contributed by atoms with van der Waals surface area (Å²) in [6.45, 7) is 13.4. The quantitative estimate of drug-likeness (QED) is 0.590. The van der Waals surface area contributed by atoms with Gasteiger partial charge < -0.3 is 9.47 Å². The van der Waals surface area contributed by atoms with Gasteiger partial charge in [-0.3, -0.25) is 4.90 Å². The fourth-order valence-corrected chi connectivity index (χ4v) is 3.91. The monoisotopic (exact) mass is 295 g/mol. The van der Waals surface area contributed by atoms with E-state index >= 15 is 0 Å². The Kier molecular flexibility index (Phi) is 5.10. The van der Waals surface area contributed by atoms with Crippen molar-refractivity contribution in [3.8, 4) is 0 Å². The van der Waals surface area contributed by atoms with E-state index < -0.39 is 6.23 Å². The van der Waals surface area contributed by atoms with E-state index in [9.17, 15) is 4.79 Å². The molecule has 1 aliphatic heterocycles. The van der Waals surface area contributed by atoms with Gasteiger partial charge in [0.15, 0.2) is 0 Å². The number of esters is 1. The van der Waals surface area contributed by atoms with Crippen LogP contribution in [0, 0.1) is 11.8 Å². The van der Waals surface area contributed by atoms with E-state index in [0.29, 0.717) is 25.0 Å². The lowest BCUT2D eigenvalue weighted by Crippen LogP contribution is -2.66. The van der Waals surface area contributed by atoms with E-state index in [1.54, 1.807) is 0 Å². The minimum Gasteiger partial charge on any atom is -0.463 e. The second-order valence-electron chi connectivity index (χ2n) is 6.90. The predicted molar refractivity (Wildman–Crippen MR) is 82.8 cm³/mol. The SMILES string of the molecule is C=CCN1[C@H](C(=O)OCC)O[C@@H]2C[C@H](C)CC[C@H]2C1(C)C. The molecule has 0 spiro atoms. The van der Waals surface area contributed by atoms with Gasteiger partial charge in [0.2, 0.25) is 6.23 Å². The molecule has 0 aromatic heterocycles. The maximum Gasteiger partial charge on any atom is 0.350 e. The number of rotatable bonds is 4. The van der Waals surface area contributed by atoms with E-state index in [1.165, 1.54) is 6.42 Å². The molecule has 0 N–H and O–H groups in total. The van der Waals surface area contributed by atoms with Crippen molar-refractivity contribution in [3.05, 3.63) is 12.7 Å². The van der Waals surface area contributed by atoms with Crippen molar-refractivity contribution >= 4 is 5.97 Å². The third-order valence-electron chi connectivity index (χ3n) is 5.10. The summed E-state index contributed by atoms with van der Waals surface area (Å²) in [5, 5.41) is 0. The molecule has 0 aromatic rings. The number of hydrogen-bond acceptors (Lipinski definition) is 4. The van der Waals surface area contributed by atoms with Crippen LogP contribution < -0.4 is 0 Å². The molecule has 1 saturated heterocycles. The summed E-state index contributed by atoms with van der Waals surface area (Å²) in [6.07, 6.45) is 4.81. The molecule has 0 aromatic carbocycles. The summed E-state index contributed by atoms with van der Waals surface area (Å²) < 4.78 is 11.4. The maximum atomic E-state index is 12.3. The first-order chi connectivity index (χ1) is 9.91. The highest BCUT2D eigenvalue weighted by Crippen LogP contribution is 2.45. The lowest BCUT2D eigenvalue weighted by atomic mass is 9.70. The Morgan fingerprint density at radius 1 is 1.48 bits per heavy atom. The van der Waals surface area contributed by atoms with Gasteiger partial charge in [0.05, 0.1) is 12.7 Å². The molecule has 21 heavy (non-hydrogen) atoms. The van der Waals surface area contributed by atoms with Crippen LogP contribution in [0.1, 0.15) is 47.0 Å². The Bertz CT molecular complexity index is 393. The molecule has 2 rings (SSSR count). The van der Waals surface area contributed by atoms with E-state index in [0.717, 1.165) is 12.8 Å². The van der Waals surface area contributed by atoms with Gasteiger partial charge in [-0.1, -0.05) is 19.4 Å². The summed E-state index contributed by atoms with van der Waals surface area (Å²) in [5.41, 5.74) is -0.0886. The highest BCUT2D eigenvalue weighted by Gasteiger charge is 2.52. The van der Waals surface area contributed by atoms with Crippen LogP contribution in [0.15, 0.2) is 12.7 Å². The Balaban J connectivity index is 2.27. The second-order valence-corrected chi connectivity index (χ2v) is 6.90. The summed E-state index contributed by atoms with van der Waals surface area (Å²) in [5.74, 6) is 0.847. The normalized spacial score (nSPS) is 35.8. The molecular formula is C17H29NO3. The fraction of sp³-hybridized carbons (Fsp3) is 0.824. The Morgan fingerprint density at radius 3 is 2.81 bits per heavy atom. The molecule has 1 saturated carbocycles. The zero-order valence-electron chi connectivity index (χ0n) is 13.8. The highest BCUT2D eigenvalue weighted by molar-refractivity contribution is 5.74. The number of carbonyl (C=O) groups is 1. The molecule has 0 unspecified atom stereocenters. The number of fused-ring (bicyclic) bond motifs is 1. The predicted octanol–water partition coefficient (Wildman–Crippen LogP) is 2.98. The van der Waals surface area contributed by atoms with Crippen LogP contribution >= 0.6 is 0 Å². The second kappa shape index (κ2) is 6.49. The van der Waals surface area contributed by atoms with Crippen LogP contribution in [-0.2, 0) is 14.3 Å². The molecule has 4 nitrogen and oxygen atoms in total. The number of nitrogens with zero attached hydrogens (tertiary/aromatic N) is 1. The fourth-order valence-electron chi connectivity index (χ4n) is 3.91. The first kappa shape index (κ1) is 16.5. The summed E-state index contributed by atoms with van der Waals surface area (Å²) >= 11 is 0. The zero-order valence-corrected chi connectivity index (χ0v) is 13.8. The topological polar surface area (TPSA) is 38.8 Å². The van der Waals surface area contributed by atoms with Gasteiger partial charge in [-0.25, -0.2) is 4.79 Å². The van der Waals surface area contributed by atoms with Crippen molar-refractivity contribution in [2.45, 2.75) is 64.8 Å². The Hall–Kier alpha value is -0.870. The average Bonchev–Trinajstić information content (AvgIpc) is 2.41. The highest BCUT2D eigenvalue weighted by atomic mass is 16.6. The molecule has 1 heterocycles. The van der Waals surface area contributed by atoms with Crippen molar-refractivity contribution in [2.24, 2.45) is 11.8 Å². The van der Waals surface area contributed by atoms with Gasteiger partial charge >= 0.3 is 5.97 Å². The van der Waals surface area contributed by atoms with Gasteiger partial charge in [0, 0.05) is 18.0 Å². The lowest BCUT2D eigenvalue weighted by molar-refractivity contribution is -0.238. The maximum absolute atomic E-state index is 12.3. The van der Waals surface area contributed by atoms with Crippen LogP contribution in [-0.4, -0.2) is 41.9 Å². The summed E-state index contributed by atoms with van der Waals surface area (Å²) in [4.78, 5) is 14.4. The van der Waals surface area contributed by atoms with Crippen LogP contribution in [0.4, 0.5) is 0 Å². The van der Waals surface area contributed by atoms with Crippen LogP contribution in [0.5, 0.6) is 0 Å². The average molecular weight is 295 g/mol. The van der Waals surface area contributed by atoms with Crippen molar-refractivity contribution < 1.29 is 14.3 Å². The van der Waals surface area contributed by atoms with Crippen LogP contribution in [0.3, 0.4) is 0 Å². The number of hydrogen-bond donors (Lipinski definition) is 0. The first-order valence-electron chi connectivity index (χ1n) is 8.11. The minimum absolute atomic E-state index is 0.0886. The molecule has 1 aliphatic carbocycles. The van der Waals surface area contributed by atoms with Gasteiger partial charge in [-0.05, 0) is 39.5 Å². The van der Waals surface area contributed by atoms with Gasteiger partial charge in [0.25, 0.3) is 0 Å². The molecule has 2 fully saturated rings. The largest absolute Gasteiger partial charge is 0.463 e. The third-order valence-corrected chi connectivity index (χ3v) is 5.10. The van der Waals surface area contributed by atoms with Gasteiger partial charge in [0.1, 0.15) is 0 Å². The van der Waals surface area contributed by atoms with Crippen LogP contribution in [0.2, 0.25) is 0 Å². The van der Waals surface area contributed by atoms with Crippen molar-refractivity contribution in [2.75, 3.05) is 13.2 Å². The molecule has 4 heteroatoms.